The van der Waals surface area contributed by atoms with Gasteiger partial charge in [-0.25, -0.2) is 0 Å². The minimum absolute atomic E-state index is 0.770. The van der Waals surface area contributed by atoms with E-state index in [0.29, 0.717) is 0 Å². The van der Waals surface area contributed by atoms with E-state index in [9.17, 15) is 0 Å². The normalized spacial score (nSPS) is 11.4. The van der Waals surface area contributed by atoms with Gasteiger partial charge in [-0.2, -0.15) is 0 Å². The highest BCUT2D eigenvalue weighted by Gasteiger charge is 2.12. The average molecular weight is 500 g/mol. The van der Waals surface area contributed by atoms with Crippen LogP contribution in [-0.4, -0.2) is 0 Å². The molecule has 0 N–H and O–H groups in total. The first-order chi connectivity index (χ1) is 10.6. The molecule has 0 amide bonds. The third kappa shape index (κ3) is 2.39. The number of benzene rings is 3. The van der Waals surface area contributed by atoms with Gasteiger partial charge in [-0.05, 0) is 73.9 Å². The Morgan fingerprint density at radius 2 is 1.73 bits per heavy atom. The first-order valence-electron chi connectivity index (χ1n) is 6.70. The summed E-state index contributed by atoms with van der Waals surface area (Å²) in [7, 11) is 0. The van der Waals surface area contributed by atoms with Gasteiger partial charge in [0.15, 0.2) is 0 Å². The van der Waals surface area contributed by atoms with E-state index in [4.69, 9.17) is 11.6 Å². The lowest BCUT2D eigenvalue weighted by molar-refractivity contribution is 1.58. The summed E-state index contributed by atoms with van der Waals surface area (Å²) >= 11 is 14.0. The van der Waals surface area contributed by atoms with E-state index in [2.05, 4.69) is 93.1 Å². The molecule has 22 heavy (non-hydrogen) atoms. The molecule has 4 heteroatoms. The maximum Gasteiger partial charge on any atom is 0.0681 e. The molecule has 0 bridgehead atoms. The van der Waals surface area contributed by atoms with Gasteiger partial charge in [-0.3, -0.25) is 0 Å². The van der Waals surface area contributed by atoms with Crippen molar-refractivity contribution < 1.29 is 0 Å². The standard InChI is InChI=1S/C18H9BrClIS/c19-13-8-10(9-14(21)18(13)20)11-5-3-7-16-17(11)12-4-1-2-6-15(12)22-16/h1-9H. The van der Waals surface area contributed by atoms with E-state index in [1.54, 1.807) is 0 Å². The van der Waals surface area contributed by atoms with Crippen molar-refractivity contribution in [1.82, 2.24) is 0 Å². The van der Waals surface area contributed by atoms with E-state index >= 15 is 0 Å². The molecule has 3 aromatic carbocycles. The maximum atomic E-state index is 6.28. The fourth-order valence-electron chi connectivity index (χ4n) is 2.73. The second-order valence-corrected chi connectivity index (χ2v) is 8.51. The summed E-state index contributed by atoms with van der Waals surface area (Å²) in [5.74, 6) is 0. The van der Waals surface area contributed by atoms with Crippen molar-refractivity contribution in [3.05, 3.63) is 67.7 Å². The molecule has 0 unspecified atom stereocenters. The lowest BCUT2D eigenvalue weighted by Gasteiger charge is -2.08. The highest BCUT2D eigenvalue weighted by molar-refractivity contribution is 14.1. The van der Waals surface area contributed by atoms with Crippen molar-refractivity contribution in [2.75, 3.05) is 0 Å². The van der Waals surface area contributed by atoms with E-state index in [-0.39, 0.29) is 0 Å². The number of hydrogen-bond donors (Lipinski definition) is 0. The molecule has 1 heterocycles. The van der Waals surface area contributed by atoms with Crippen molar-refractivity contribution in [2.45, 2.75) is 0 Å². The van der Waals surface area contributed by atoms with E-state index in [1.807, 2.05) is 11.3 Å². The molecule has 4 rings (SSSR count). The molecule has 4 aromatic rings. The fourth-order valence-corrected chi connectivity index (χ4v) is 5.42. The molecule has 0 saturated heterocycles. The average Bonchev–Trinajstić information content (AvgIpc) is 2.90. The Labute approximate surface area is 159 Å². The summed E-state index contributed by atoms with van der Waals surface area (Å²) in [6, 6.07) is 19.3. The van der Waals surface area contributed by atoms with E-state index < -0.39 is 0 Å². The molecular weight excluding hydrogens is 491 g/mol. The van der Waals surface area contributed by atoms with Crippen molar-refractivity contribution in [3.63, 3.8) is 0 Å². The minimum atomic E-state index is 0.770. The Kier molecular flexibility index (Phi) is 3.93. The molecule has 108 valence electrons. The molecule has 0 nitrogen and oxygen atoms in total. The van der Waals surface area contributed by atoms with Crippen LogP contribution in [0.2, 0.25) is 5.02 Å². The van der Waals surface area contributed by atoms with Gasteiger partial charge in [-0.15, -0.1) is 11.3 Å². The summed E-state index contributed by atoms with van der Waals surface area (Å²) in [4.78, 5) is 0. The summed E-state index contributed by atoms with van der Waals surface area (Å²) < 4.78 is 4.64. The maximum absolute atomic E-state index is 6.28. The van der Waals surface area contributed by atoms with Crippen LogP contribution in [0.15, 0.2) is 59.1 Å². The molecule has 0 aliphatic carbocycles. The largest absolute Gasteiger partial charge is 0.135 e. The van der Waals surface area contributed by atoms with Crippen LogP contribution in [0.5, 0.6) is 0 Å². The van der Waals surface area contributed by atoms with Gasteiger partial charge in [0.2, 0.25) is 0 Å². The van der Waals surface area contributed by atoms with Crippen LogP contribution in [0, 0.1) is 3.57 Å². The summed E-state index contributed by atoms with van der Waals surface area (Å²) in [6.07, 6.45) is 0. The zero-order valence-corrected chi connectivity index (χ0v) is 16.6. The number of fused-ring (bicyclic) bond motifs is 3. The molecular formula is C18H9BrClIS. The molecule has 0 spiro atoms. The fraction of sp³-hybridized carbons (Fsp3) is 0. The highest BCUT2D eigenvalue weighted by Crippen LogP contribution is 2.41. The lowest BCUT2D eigenvalue weighted by atomic mass is 10.00. The predicted octanol–water partition coefficient (Wildman–Crippen LogP) is 7.74. The Hall–Kier alpha value is -0.620. The van der Waals surface area contributed by atoms with E-state index in [1.165, 1.54) is 31.3 Å². The van der Waals surface area contributed by atoms with Crippen LogP contribution in [0.1, 0.15) is 0 Å². The summed E-state index contributed by atoms with van der Waals surface area (Å²) in [5.41, 5.74) is 2.44. The van der Waals surface area contributed by atoms with Crippen molar-refractivity contribution in [1.29, 1.82) is 0 Å². The number of hydrogen-bond acceptors (Lipinski definition) is 1. The molecule has 0 radical (unpaired) electrons. The molecule has 0 fully saturated rings. The van der Waals surface area contributed by atoms with Gasteiger partial charge in [0.25, 0.3) is 0 Å². The Bertz CT molecular complexity index is 999. The van der Waals surface area contributed by atoms with Crippen LogP contribution in [0.25, 0.3) is 31.3 Å². The minimum Gasteiger partial charge on any atom is -0.135 e. The molecule has 0 saturated carbocycles. The van der Waals surface area contributed by atoms with Gasteiger partial charge >= 0.3 is 0 Å². The second-order valence-electron chi connectivity index (χ2n) is 5.03. The number of thiophene rings is 1. The Balaban J connectivity index is 2.11. The van der Waals surface area contributed by atoms with Gasteiger partial charge in [0.05, 0.1) is 5.02 Å². The molecule has 0 atom stereocenters. The van der Waals surface area contributed by atoms with E-state index in [0.717, 1.165) is 13.1 Å². The highest BCUT2D eigenvalue weighted by atomic mass is 127. The predicted molar refractivity (Wildman–Crippen MR) is 110 cm³/mol. The first-order valence-corrected chi connectivity index (χ1v) is 9.77. The number of rotatable bonds is 1. The molecule has 0 aliphatic rings. The quantitative estimate of drug-likeness (QED) is 0.186. The lowest BCUT2D eigenvalue weighted by Crippen LogP contribution is -1.84. The third-order valence-electron chi connectivity index (χ3n) is 3.70. The van der Waals surface area contributed by atoms with Crippen LogP contribution >= 0.6 is 61.5 Å². The zero-order chi connectivity index (χ0) is 15.3. The van der Waals surface area contributed by atoms with Crippen LogP contribution in [0.4, 0.5) is 0 Å². The van der Waals surface area contributed by atoms with Gasteiger partial charge in [0, 0.05) is 28.2 Å². The summed E-state index contributed by atoms with van der Waals surface area (Å²) in [6.45, 7) is 0. The van der Waals surface area contributed by atoms with Gasteiger partial charge < -0.3 is 0 Å². The van der Waals surface area contributed by atoms with Gasteiger partial charge in [0.1, 0.15) is 0 Å². The smallest absolute Gasteiger partial charge is 0.0681 e. The Morgan fingerprint density at radius 1 is 0.955 bits per heavy atom. The monoisotopic (exact) mass is 498 g/mol. The van der Waals surface area contributed by atoms with Crippen LogP contribution in [-0.2, 0) is 0 Å². The van der Waals surface area contributed by atoms with Crippen LogP contribution in [0.3, 0.4) is 0 Å². The molecule has 1 aromatic heterocycles. The molecule has 0 aliphatic heterocycles. The van der Waals surface area contributed by atoms with Crippen molar-refractivity contribution in [2.24, 2.45) is 0 Å². The topological polar surface area (TPSA) is 0 Å². The zero-order valence-electron chi connectivity index (χ0n) is 11.2. The van der Waals surface area contributed by atoms with Crippen molar-refractivity contribution >= 4 is 81.6 Å². The second kappa shape index (κ2) is 5.78. The Morgan fingerprint density at radius 3 is 2.55 bits per heavy atom. The number of halogens is 3. The SMILES string of the molecule is Clc1c(Br)cc(-c2cccc3sc4ccccc4c23)cc1I. The van der Waals surface area contributed by atoms with Gasteiger partial charge in [-0.1, -0.05) is 41.9 Å². The third-order valence-corrected chi connectivity index (χ3v) is 7.26. The van der Waals surface area contributed by atoms with Crippen LogP contribution < -0.4 is 0 Å². The first kappa shape index (κ1) is 14.9. The summed E-state index contributed by atoms with van der Waals surface area (Å²) in [5, 5.41) is 3.42. The van der Waals surface area contributed by atoms with Crippen molar-refractivity contribution in [3.8, 4) is 11.1 Å².